The first kappa shape index (κ1) is 17.6. The highest BCUT2D eigenvalue weighted by Crippen LogP contribution is 2.15. The molecular weight excluding hydrogens is 286 g/mol. The lowest BCUT2D eigenvalue weighted by molar-refractivity contribution is 0.266. The summed E-state index contributed by atoms with van der Waals surface area (Å²) >= 11 is 0. The van der Waals surface area contributed by atoms with Gasteiger partial charge in [-0.3, -0.25) is 0 Å². The third kappa shape index (κ3) is 4.27. The van der Waals surface area contributed by atoms with Crippen LogP contribution in [0.4, 0.5) is 0 Å². The maximum absolute atomic E-state index is 5.86. The molecule has 0 bridgehead atoms. The molecule has 3 N–H and O–H groups in total. The normalized spacial score (nSPS) is 13.8. The third-order valence-electron chi connectivity index (χ3n) is 3.90. The van der Waals surface area contributed by atoms with Crippen molar-refractivity contribution in [3.8, 4) is 5.69 Å². The summed E-state index contributed by atoms with van der Waals surface area (Å²) in [5.41, 5.74) is 7.65. The Balaban J connectivity index is 0.00000220. The van der Waals surface area contributed by atoms with Crippen LogP contribution >= 0.6 is 12.4 Å². The molecule has 0 radical (unpaired) electrons. The van der Waals surface area contributed by atoms with E-state index in [1.807, 2.05) is 30.3 Å². The van der Waals surface area contributed by atoms with Crippen molar-refractivity contribution in [3.63, 3.8) is 0 Å². The minimum absolute atomic E-state index is 0. The standard InChI is InChI=1S/C15H23N5.ClH/c1-12(2)15(3,11-16)17-9-13-10-18-20(19-13)14-7-5-4-6-8-14;/h4-8,10,12,17H,9,11,16H2,1-3H3;1H. The zero-order valence-corrected chi connectivity index (χ0v) is 13.6. The molecule has 1 heterocycles. The van der Waals surface area contributed by atoms with E-state index in [9.17, 15) is 0 Å². The Labute approximate surface area is 132 Å². The Morgan fingerprint density at radius 1 is 1.29 bits per heavy atom. The third-order valence-corrected chi connectivity index (χ3v) is 3.90. The van der Waals surface area contributed by atoms with Crippen LogP contribution in [-0.4, -0.2) is 27.1 Å². The molecule has 1 aromatic carbocycles. The second-order valence-corrected chi connectivity index (χ2v) is 5.59. The average molecular weight is 310 g/mol. The van der Waals surface area contributed by atoms with Crippen LogP contribution in [-0.2, 0) is 6.54 Å². The van der Waals surface area contributed by atoms with Gasteiger partial charge in [0.25, 0.3) is 0 Å². The van der Waals surface area contributed by atoms with E-state index in [4.69, 9.17) is 5.73 Å². The molecule has 1 unspecified atom stereocenters. The van der Waals surface area contributed by atoms with Gasteiger partial charge < -0.3 is 11.1 Å². The number of hydrogen-bond donors (Lipinski definition) is 2. The molecule has 21 heavy (non-hydrogen) atoms. The topological polar surface area (TPSA) is 68.8 Å². The van der Waals surface area contributed by atoms with Crippen molar-refractivity contribution < 1.29 is 0 Å². The van der Waals surface area contributed by atoms with Crippen LogP contribution in [0.1, 0.15) is 26.5 Å². The van der Waals surface area contributed by atoms with Crippen molar-refractivity contribution in [2.45, 2.75) is 32.9 Å². The Morgan fingerprint density at radius 3 is 2.52 bits per heavy atom. The highest BCUT2D eigenvalue weighted by molar-refractivity contribution is 5.85. The lowest BCUT2D eigenvalue weighted by atomic mass is 9.88. The summed E-state index contributed by atoms with van der Waals surface area (Å²) < 4.78 is 0. The van der Waals surface area contributed by atoms with Gasteiger partial charge in [0, 0.05) is 18.6 Å². The van der Waals surface area contributed by atoms with Crippen molar-refractivity contribution in [3.05, 3.63) is 42.2 Å². The summed E-state index contributed by atoms with van der Waals surface area (Å²) in [5, 5.41) is 12.3. The largest absolute Gasteiger partial charge is 0.329 e. The molecule has 6 heteroatoms. The minimum Gasteiger partial charge on any atom is -0.329 e. The summed E-state index contributed by atoms with van der Waals surface area (Å²) in [4.78, 5) is 1.65. The number of para-hydroxylation sites is 1. The quantitative estimate of drug-likeness (QED) is 0.858. The van der Waals surface area contributed by atoms with Crippen molar-refractivity contribution in [1.82, 2.24) is 20.3 Å². The van der Waals surface area contributed by atoms with E-state index in [0.717, 1.165) is 11.4 Å². The molecule has 0 fully saturated rings. The molecule has 2 aromatic rings. The van der Waals surface area contributed by atoms with E-state index >= 15 is 0 Å². The van der Waals surface area contributed by atoms with E-state index in [2.05, 4.69) is 36.3 Å². The molecule has 0 aliphatic heterocycles. The van der Waals surface area contributed by atoms with Gasteiger partial charge in [-0.2, -0.15) is 15.0 Å². The zero-order chi connectivity index (χ0) is 14.6. The number of aromatic nitrogens is 3. The summed E-state index contributed by atoms with van der Waals surface area (Å²) in [5.74, 6) is 0.455. The summed E-state index contributed by atoms with van der Waals surface area (Å²) in [6.45, 7) is 7.73. The van der Waals surface area contributed by atoms with Crippen LogP contribution < -0.4 is 11.1 Å². The molecule has 116 valence electrons. The molecule has 0 aliphatic carbocycles. The highest BCUT2D eigenvalue weighted by Gasteiger charge is 2.26. The maximum atomic E-state index is 5.86. The van der Waals surface area contributed by atoms with Gasteiger partial charge in [0.2, 0.25) is 0 Å². The molecular formula is C15H24ClN5. The van der Waals surface area contributed by atoms with Crippen molar-refractivity contribution in [2.24, 2.45) is 11.7 Å². The first-order chi connectivity index (χ1) is 9.55. The monoisotopic (exact) mass is 309 g/mol. The van der Waals surface area contributed by atoms with Crippen LogP contribution in [0.3, 0.4) is 0 Å². The van der Waals surface area contributed by atoms with Gasteiger partial charge in [-0.1, -0.05) is 32.0 Å². The van der Waals surface area contributed by atoms with Gasteiger partial charge in [-0.25, -0.2) is 0 Å². The second-order valence-electron chi connectivity index (χ2n) is 5.59. The molecule has 1 aromatic heterocycles. The SMILES string of the molecule is CC(C)C(C)(CN)NCc1cnn(-c2ccccc2)n1.Cl. The van der Waals surface area contributed by atoms with Crippen LogP contribution in [0.5, 0.6) is 0 Å². The predicted molar refractivity (Wildman–Crippen MR) is 87.7 cm³/mol. The summed E-state index contributed by atoms with van der Waals surface area (Å²) in [6.07, 6.45) is 1.79. The molecule has 0 spiro atoms. The van der Waals surface area contributed by atoms with Gasteiger partial charge in [-0.05, 0) is 25.0 Å². The van der Waals surface area contributed by atoms with Gasteiger partial charge >= 0.3 is 0 Å². The van der Waals surface area contributed by atoms with Crippen LogP contribution in [0.15, 0.2) is 36.5 Å². The summed E-state index contributed by atoms with van der Waals surface area (Å²) in [7, 11) is 0. The zero-order valence-electron chi connectivity index (χ0n) is 12.8. The lowest BCUT2D eigenvalue weighted by Crippen LogP contribution is -2.52. The number of nitrogens with two attached hydrogens (primary N) is 1. The second kappa shape index (κ2) is 7.54. The van der Waals surface area contributed by atoms with Crippen molar-refractivity contribution >= 4 is 12.4 Å². The molecule has 0 amide bonds. The Hall–Kier alpha value is -1.43. The molecule has 0 saturated carbocycles. The Bertz CT molecular complexity index is 540. The van der Waals surface area contributed by atoms with Gasteiger partial charge in [0.1, 0.15) is 0 Å². The Kier molecular flexibility index (Phi) is 6.33. The molecule has 0 aliphatic rings. The average Bonchev–Trinajstić information content (AvgIpc) is 2.94. The molecule has 1 atom stereocenters. The van der Waals surface area contributed by atoms with Gasteiger partial charge in [0.05, 0.1) is 17.6 Å². The molecule has 5 nitrogen and oxygen atoms in total. The highest BCUT2D eigenvalue weighted by atomic mass is 35.5. The fourth-order valence-electron chi connectivity index (χ4n) is 1.87. The lowest BCUT2D eigenvalue weighted by Gasteiger charge is -2.33. The van der Waals surface area contributed by atoms with Gasteiger partial charge in [-0.15, -0.1) is 12.4 Å². The number of nitrogens with one attached hydrogen (secondary N) is 1. The number of nitrogens with zero attached hydrogens (tertiary/aromatic N) is 3. The fraction of sp³-hybridized carbons (Fsp3) is 0.467. The fourth-order valence-corrected chi connectivity index (χ4v) is 1.87. The molecule has 2 rings (SSSR count). The number of benzene rings is 1. The minimum atomic E-state index is -0.0868. The number of halogens is 1. The number of hydrogen-bond acceptors (Lipinski definition) is 4. The Morgan fingerprint density at radius 2 is 1.95 bits per heavy atom. The van der Waals surface area contributed by atoms with Crippen LogP contribution in [0, 0.1) is 5.92 Å². The smallest absolute Gasteiger partial charge is 0.0969 e. The van der Waals surface area contributed by atoms with Crippen molar-refractivity contribution in [2.75, 3.05) is 6.54 Å². The summed E-state index contributed by atoms with van der Waals surface area (Å²) in [6, 6.07) is 9.89. The van der Waals surface area contributed by atoms with E-state index in [1.54, 1.807) is 11.0 Å². The van der Waals surface area contributed by atoms with Gasteiger partial charge in [0.15, 0.2) is 0 Å². The molecule has 0 saturated heterocycles. The van der Waals surface area contributed by atoms with E-state index in [-0.39, 0.29) is 17.9 Å². The van der Waals surface area contributed by atoms with Crippen LogP contribution in [0.2, 0.25) is 0 Å². The van der Waals surface area contributed by atoms with Crippen molar-refractivity contribution in [1.29, 1.82) is 0 Å². The van der Waals surface area contributed by atoms with E-state index in [0.29, 0.717) is 19.0 Å². The first-order valence-corrected chi connectivity index (χ1v) is 6.97. The number of rotatable bonds is 6. The first-order valence-electron chi connectivity index (χ1n) is 6.97. The predicted octanol–water partition coefficient (Wildman–Crippen LogP) is 2.15. The van der Waals surface area contributed by atoms with E-state index in [1.165, 1.54) is 0 Å². The maximum Gasteiger partial charge on any atom is 0.0969 e. The van der Waals surface area contributed by atoms with Crippen LogP contribution in [0.25, 0.3) is 5.69 Å². The van der Waals surface area contributed by atoms with E-state index < -0.39 is 0 Å².